The third-order valence-corrected chi connectivity index (χ3v) is 5.29. The Morgan fingerprint density at radius 1 is 1.31 bits per heavy atom. The summed E-state index contributed by atoms with van der Waals surface area (Å²) in [5.74, 6) is 1.63. The number of ether oxygens (including phenoxy) is 1. The summed E-state index contributed by atoms with van der Waals surface area (Å²) < 4.78 is 27.5. The Labute approximate surface area is 157 Å². The summed E-state index contributed by atoms with van der Waals surface area (Å²) in [6, 6.07) is 10.6. The number of benzene rings is 1. The third-order valence-electron chi connectivity index (χ3n) is 4.38. The molecule has 1 aromatic rings. The molecule has 1 aliphatic rings. The summed E-state index contributed by atoms with van der Waals surface area (Å²) in [6.45, 7) is 6.11. The molecule has 0 aromatic heterocycles. The smallest absolute Gasteiger partial charge is 0.194 e. The Morgan fingerprint density at radius 3 is 2.77 bits per heavy atom. The third kappa shape index (κ3) is 7.74. The van der Waals surface area contributed by atoms with Crippen LogP contribution >= 0.6 is 0 Å². The number of likely N-dealkylation sites (tertiary alicyclic amines) is 1. The van der Waals surface area contributed by atoms with Crippen LogP contribution in [0.5, 0.6) is 0 Å². The fraction of sp³-hybridized carbons (Fsp3) is 0.632. The van der Waals surface area contributed by atoms with Gasteiger partial charge >= 0.3 is 0 Å². The first-order valence-corrected chi connectivity index (χ1v) is 11.4. The monoisotopic (exact) mass is 381 g/mol. The molecule has 7 heteroatoms. The van der Waals surface area contributed by atoms with Gasteiger partial charge in [-0.15, -0.1) is 0 Å². The first-order chi connectivity index (χ1) is 12.5. The van der Waals surface area contributed by atoms with Crippen molar-refractivity contribution in [1.82, 2.24) is 10.2 Å². The minimum absolute atomic E-state index is 0.0596. The molecule has 1 unspecified atom stereocenters. The summed E-state index contributed by atoms with van der Waals surface area (Å²) in [5.41, 5.74) is 1.39. The quantitative estimate of drug-likeness (QED) is 0.399. The van der Waals surface area contributed by atoms with Gasteiger partial charge in [-0.25, -0.2) is 8.42 Å². The van der Waals surface area contributed by atoms with E-state index < -0.39 is 9.84 Å². The van der Waals surface area contributed by atoms with Gasteiger partial charge in [-0.2, -0.15) is 0 Å². The Morgan fingerprint density at radius 2 is 2.08 bits per heavy atom. The van der Waals surface area contributed by atoms with Crippen LogP contribution in [-0.2, 0) is 21.0 Å². The lowest BCUT2D eigenvalue weighted by atomic mass is 9.99. The van der Waals surface area contributed by atoms with Crippen LogP contribution in [0.3, 0.4) is 0 Å². The zero-order valence-corrected chi connectivity index (χ0v) is 16.7. The van der Waals surface area contributed by atoms with E-state index in [-0.39, 0.29) is 12.4 Å². The number of aliphatic imine (C=N–C) groups is 1. The lowest BCUT2D eigenvalue weighted by Crippen LogP contribution is -2.40. The van der Waals surface area contributed by atoms with Gasteiger partial charge in [0.2, 0.25) is 0 Å². The molecule has 2 rings (SSSR count). The Bertz CT molecular complexity index is 662. The fourth-order valence-corrected chi connectivity index (χ4v) is 3.51. The second-order valence-electron chi connectivity index (χ2n) is 6.77. The number of sulfone groups is 1. The molecule has 1 heterocycles. The molecular formula is C19H31N3O3S. The average Bonchev–Trinajstić information content (AvgIpc) is 3.05. The maximum Gasteiger partial charge on any atom is 0.194 e. The second kappa shape index (κ2) is 10.5. The lowest BCUT2D eigenvalue weighted by molar-refractivity contribution is 0.157. The molecule has 1 atom stereocenters. The minimum Gasteiger partial charge on any atom is -0.378 e. The lowest BCUT2D eigenvalue weighted by Gasteiger charge is -2.21. The molecule has 0 aliphatic carbocycles. The number of rotatable bonds is 9. The van der Waals surface area contributed by atoms with Crippen molar-refractivity contribution in [1.29, 1.82) is 0 Å². The highest BCUT2D eigenvalue weighted by Gasteiger charge is 2.24. The van der Waals surface area contributed by atoms with Crippen LogP contribution in [0.15, 0.2) is 35.3 Å². The Hall–Kier alpha value is -1.60. The molecule has 6 nitrogen and oxygen atoms in total. The molecule has 0 radical (unpaired) electrons. The molecule has 146 valence electrons. The number of nitrogens with zero attached hydrogens (tertiary/aromatic N) is 2. The van der Waals surface area contributed by atoms with Gasteiger partial charge < -0.3 is 15.0 Å². The van der Waals surface area contributed by atoms with Crippen LogP contribution in [0.25, 0.3) is 0 Å². The van der Waals surface area contributed by atoms with Gasteiger partial charge in [-0.05, 0) is 31.2 Å². The molecule has 26 heavy (non-hydrogen) atoms. The molecule has 1 fully saturated rings. The molecular weight excluding hydrogens is 350 g/mol. The van der Waals surface area contributed by atoms with Gasteiger partial charge in [0.1, 0.15) is 9.84 Å². The van der Waals surface area contributed by atoms with Crippen LogP contribution in [0.2, 0.25) is 0 Å². The zero-order chi connectivity index (χ0) is 18.8. The van der Waals surface area contributed by atoms with E-state index in [1.165, 1.54) is 18.2 Å². The first-order valence-electron chi connectivity index (χ1n) is 9.30. The summed E-state index contributed by atoms with van der Waals surface area (Å²) in [7, 11) is -2.96. The van der Waals surface area contributed by atoms with Gasteiger partial charge in [0.05, 0.1) is 25.5 Å². The largest absolute Gasteiger partial charge is 0.378 e. The topological polar surface area (TPSA) is 71.0 Å². The van der Waals surface area contributed by atoms with Crippen LogP contribution in [-0.4, -0.2) is 70.7 Å². The van der Waals surface area contributed by atoms with Gasteiger partial charge in [0.15, 0.2) is 5.96 Å². The van der Waals surface area contributed by atoms with Crippen molar-refractivity contribution in [2.75, 3.05) is 51.4 Å². The summed E-state index contributed by atoms with van der Waals surface area (Å²) >= 11 is 0. The molecule has 1 aromatic carbocycles. The number of nitrogens with one attached hydrogen (secondary N) is 1. The average molecular weight is 382 g/mol. The first kappa shape index (κ1) is 20.7. The Balaban J connectivity index is 1.77. The maximum absolute atomic E-state index is 11.1. The van der Waals surface area contributed by atoms with Crippen molar-refractivity contribution >= 4 is 15.8 Å². The number of hydrogen-bond acceptors (Lipinski definition) is 4. The Kier molecular flexibility index (Phi) is 8.38. The van der Waals surface area contributed by atoms with E-state index in [9.17, 15) is 8.42 Å². The summed E-state index contributed by atoms with van der Waals surface area (Å²) in [5, 5.41) is 3.35. The van der Waals surface area contributed by atoms with Crippen molar-refractivity contribution in [3.05, 3.63) is 35.9 Å². The molecule has 1 aliphatic heterocycles. The SMILES string of the molecule is CCNC(=NCCOCCS(C)(=O)=O)N1CCC(Cc2ccccc2)C1. The second-order valence-corrected chi connectivity index (χ2v) is 9.03. The highest BCUT2D eigenvalue weighted by molar-refractivity contribution is 7.90. The van der Waals surface area contributed by atoms with Crippen molar-refractivity contribution in [2.45, 2.75) is 19.8 Å². The van der Waals surface area contributed by atoms with Crippen molar-refractivity contribution in [2.24, 2.45) is 10.9 Å². The van der Waals surface area contributed by atoms with E-state index in [1.807, 2.05) is 0 Å². The summed E-state index contributed by atoms with van der Waals surface area (Å²) in [4.78, 5) is 6.94. The maximum atomic E-state index is 11.1. The number of hydrogen-bond donors (Lipinski definition) is 1. The van der Waals surface area contributed by atoms with Gasteiger partial charge in [0, 0.05) is 25.9 Å². The van der Waals surface area contributed by atoms with Crippen LogP contribution in [0, 0.1) is 5.92 Å². The number of guanidine groups is 1. The molecule has 0 saturated carbocycles. The molecule has 0 amide bonds. The highest BCUT2D eigenvalue weighted by atomic mass is 32.2. The predicted molar refractivity (Wildman–Crippen MR) is 106 cm³/mol. The summed E-state index contributed by atoms with van der Waals surface area (Å²) in [6.07, 6.45) is 3.49. The van der Waals surface area contributed by atoms with Crippen molar-refractivity contribution in [3.8, 4) is 0 Å². The van der Waals surface area contributed by atoms with Crippen molar-refractivity contribution < 1.29 is 13.2 Å². The van der Waals surface area contributed by atoms with Gasteiger partial charge in [0.25, 0.3) is 0 Å². The normalized spacial score (nSPS) is 18.3. The molecule has 0 spiro atoms. The fourth-order valence-electron chi connectivity index (χ4n) is 3.09. The van der Waals surface area contributed by atoms with Crippen LogP contribution < -0.4 is 5.32 Å². The van der Waals surface area contributed by atoms with E-state index in [2.05, 4.69) is 52.5 Å². The minimum atomic E-state index is -2.96. The van der Waals surface area contributed by atoms with Crippen LogP contribution in [0.4, 0.5) is 0 Å². The van der Waals surface area contributed by atoms with E-state index >= 15 is 0 Å². The van der Waals surface area contributed by atoms with E-state index in [0.29, 0.717) is 19.1 Å². The van der Waals surface area contributed by atoms with Gasteiger partial charge in [-0.1, -0.05) is 30.3 Å². The highest BCUT2D eigenvalue weighted by Crippen LogP contribution is 2.20. The zero-order valence-electron chi connectivity index (χ0n) is 15.9. The van der Waals surface area contributed by atoms with Gasteiger partial charge in [-0.3, -0.25) is 4.99 Å². The van der Waals surface area contributed by atoms with E-state index in [1.54, 1.807) is 0 Å². The van der Waals surface area contributed by atoms with Crippen molar-refractivity contribution in [3.63, 3.8) is 0 Å². The van der Waals surface area contributed by atoms with E-state index in [4.69, 9.17) is 4.74 Å². The van der Waals surface area contributed by atoms with Crippen LogP contribution in [0.1, 0.15) is 18.9 Å². The van der Waals surface area contributed by atoms with E-state index in [0.717, 1.165) is 32.0 Å². The molecule has 1 saturated heterocycles. The predicted octanol–water partition coefficient (Wildman–Crippen LogP) is 1.58. The molecule has 0 bridgehead atoms. The molecule has 1 N–H and O–H groups in total. The standard InChI is InChI=1S/C19H31N3O3S/c1-3-20-19(21-10-12-25-13-14-26(2,23)24)22-11-9-18(16-22)15-17-7-5-4-6-8-17/h4-8,18H,3,9-16H2,1-2H3,(H,20,21).